The molecule has 3 heterocycles. The highest BCUT2D eigenvalue weighted by molar-refractivity contribution is 9.10. The van der Waals surface area contributed by atoms with Gasteiger partial charge in [-0.1, -0.05) is 22.0 Å². The molecule has 2 fully saturated rings. The number of ketones is 1. The Morgan fingerprint density at radius 1 is 0.857 bits per heavy atom. The molecular weight excluding hydrogens is 600 g/mol. The van der Waals surface area contributed by atoms with Crippen LogP contribution in [0.2, 0.25) is 0 Å². The average Bonchev–Trinajstić information content (AvgIpc) is 3.34. The Bertz CT molecular complexity index is 1420. The van der Waals surface area contributed by atoms with E-state index >= 15 is 0 Å². The Kier molecular flexibility index (Phi) is 8.03. The van der Waals surface area contributed by atoms with Gasteiger partial charge in [0.25, 0.3) is 0 Å². The van der Waals surface area contributed by atoms with E-state index in [9.17, 15) is 9.90 Å². The third-order valence-electron chi connectivity index (χ3n) is 8.23. The van der Waals surface area contributed by atoms with Crippen molar-refractivity contribution in [2.45, 2.75) is 55.8 Å². The molecule has 10 N–H and O–H groups in total. The van der Waals surface area contributed by atoms with Crippen LogP contribution in [0.25, 0.3) is 0 Å². The minimum atomic E-state index is -0.281. The minimum absolute atomic E-state index is 0.0968. The number of halogens is 1. The fourth-order valence-electron chi connectivity index (χ4n) is 6.37. The number of hydrogen-bond donors (Lipinski definition) is 6. The van der Waals surface area contributed by atoms with Gasteiger partial charge in [-0.25, -0.2) is 0 Å². The molecule has 5 atom stereocenters. The maximum Gasteiger partial charge on any atom is 0.233 e. The molecule has 3 aromatic rings. The van der Waals surface area contributed by atoms with Crippen LogP contribution in [-0.4, -0.2) is 76.2 Å². The van der Waals surface area contributed by atoms with E-state index in [4.69, 9.17) is 27.9 Å². The minimum Gasteiger partial charge on any atom is -0.507 e. The average molecular weight is 638 g/mol. The number of benzene rings is 2. The number of rotatable bonds is 6. The number of anilines is 4. The Morgan fingerprint density at radius 3 is 2.02 bits per heavy atom. The van der Waals surface area contributed by atoms with Gasteiger partial charge in [0.05, 0.1) is 5.56 Å². The number of nitrogens with one attached hydrogen (secondary N) is 1. The number of carbonyl (C=O) groups excluding carboxylic acids is 1. The molecule has 222 valence electrons. The molecule has 1 aliphatic carbocycles. The molecule has 2 aromatic carbocycles. The molecule has 1 aromatic heterocycles. The maximum absolute atomic E-state index is 13.5. The molecule has 42 heavy (non-hydrogen) atoms. The Labute approximate surface area is 253 Å². The van der Waals surface area contributed by atoms with Gasteiger partial charge in [-0.3, -0.25) is 4.79 Å². The van der Waals surface area contributed by atoms with E-state index in [2.05, 4.69) is 37.3 Å². The first-order valence-electron chi connectivity index (χ1n) is 14.3. The number of aromatic hydroxyl groups is 1. The number of phenolic OH excluding ortho intramolecular Hbond substituents is 1. The smallest absolute Gasteiger partial charge is 0.233 e. The van der Waals surface area contributed by atoms with E-state index in [0.29, 0.717) is 50.2 Å². The number of nitrogens with two attached hydrogens (primary N) is 4. The summed E-state index contributed by atoms with van der Waals surface area (Å²) in [6.07, 6.45) is 3.00. The SMILES string of the molecule is N[C@@H]1C[C@H](N)CN(c2nc(Nc3ccc(C(=O)C4CCc5cc(Br)ccc54)c(O)c3)nc(N3C[C@H](N)C[C@H](N)C3)n2)C1. The van der Waals surface area contributed by atoms with Crippen LogP contribution in [0.1, 0.15) is 46.7 Å². The number of Topliss-reactive ketones (excluding diaryl/α,β-unsaturated/α-hetero) is 1. The summed E-state index contributed by atoms with van der Waals surface area (Å²) in [6, 6.07) is 10.5. The van der Waals surface area contributed by atoms with Gasteiger partial charge < -0.3 is 43.2 Å². The van der Waals surface area contributed by atoms with Crippen molar-refractivity contribution in [1.82, 2.24) is 15.0 Å². The van der Waals surface area contributed by atoms with Crippen LogP contribution in [0.3, 0.4) is 0 Å². The van der Waals surface area contributed by atoms with Crippen molar-refractivity contribution in [3.63, 3.8) is 0 Å². The van der Waals surface area contributed by atoms with E-state index in [-0.39, 0.29) is 53.1 Å². The summed E-state index contributed by atoms with van der Waals surface area (Å²) in [6.45, 7) is 2.26. The lowest BCUT2D eigenvalue weighted by Crippen LogP contribution is -2.54. The van der Waals surface area contributed by atoms with Crippen molar-refractivity contribution in [2.24, 2.45) is 22.9 Å². The standard InChI is InChI=1S/C29H37BrN10O2/c30-16-2-5-22-15(7-16)1-4-23(22)26(42)24-6-3-21(10-25(24)41)35-27-36-28(39-11-17(31)8-18(32)12-39)38-29(37-27)40-13-19(33)9-20(34)14-40/h2-3,5-7,10,17-20,23,41H,1,4,8-9,11-14,31-34H2,(H,35,36,37,38)/t17-,18+,19-,20+,23?. The largest absolute Gasteiger partial charge is 0.507 e. The Balaban J connectivity index is 1.27. The third kappa shape index (κ3) is 6.06. The lowest BCUT2D eigenvalue weighted by atomic mass is 9.91. The van der Waals surface area contributed by atoms with Crippen molar-refractivity contribution in [3.8, 4) is 5.75 Å². The van der Waals surface area contributed by atoms with E-state index in [1.807, 2.05) is 21.9 Å². The summed E-state index contributed by atoms with van der Waals surface area (Å²) in [5, 5.41) is 14.1. The second kappa shape index (κ2) is 11.7. The maximum atomic E-state index is 13.5. The number of phenols is 1. The van der Waals surface area contributed by atoms with Crippen LogP contribution in [0.4, 0.5) is 23.5 Å². The van der Waals surface area contributed by atoms with Gasteiger partial charge >= 0.3 is 0 Å². The zero-order valence-electron chi connectivity index (χ0n) is 23.3. The molecule has 0 amide bonds. The fraction of sp³-hybridized carbons (Fsp3) is 0.448. The second-order valence-corrected chi connectivity index (χ2v) is 12.7. The van der Waals surface area contributed by atoms with E-state index < -0.39 is 0 Å². The van der Waals surface area contributed by atoms with Gasteiger partial charge in [-0.2, -0.15) is 15.0 Å². The molecule has 12 nitrogen and oxygen atoms in total. The highest BCUT2D eigenvalue weighted by Crippen LogP contribution is 2.39. The molecule has 1 unspecified atom stereocenters. The van der Waals surface area contributed by atoms with Gasteiger partial charge in [-0.15, -0.1) is 0 Å². The normalized spacial score (nSPS) is 25.8. The van der Waals surface area contributed by atoms with Crippen molar-refractivity contribution in [3.05, 3.63) is 57.6 Å². The number of piperidine rings is 2. The summed E-state index contributed by atoms with van der Waals surface area (Å²) in [5.41, 5.74) is 28.0. The van der Waals surface area contributed by atoms with Crippen LogP contribution in [-0.2, 0) is 6.42 Å². The predicted octanol–water partition coefficient (Wildman–Crippen LogP) is 1.73. The summed E-state index contributed by atoms with van der Waals surface area (Å²) in [7, 11) is 0. The van der Waals surface area contributed by atoms with Crippen molar-refractivity contribution in [1.29, 1.82) is 0 Å². The topological polar surface area (TPSA) is 199 Å². The van der Waals surface area contributed by atoms with Crippen LogP contribution < -0.4 is 38.1 Å². The number of nitrogens with zero attached hydrogens (tertiary/aromatic N) is 5. The fourth-order valence-corrected chi connectivity index (χ4v) is 6.78. The number of fused-ring (bicyclic) bond motifs is 1. The molecule has 0 saturated carbocycles. The van der Waals surface area contributed by atoms with Crippen molar-refractivity contribution < 1.29 is 9.90 Å². The zero-order chi connectivity index (χ0) is 29.5. The van der Waals surface area contributed by atoms with Crippen LogP contribution in [0.15, 0.2) is 40.9 Å². The van der Waals surface area contributed by atoms with Gasteiger partial charge in [0.1, 0.15) is 5.75 Å². The number of carbonyl (C=O) groups is 1. The van der Waals surface area contributed by atoms with Gasteiger partial charge in [0.15, 0.2) is 5.78 Å². The summed E-state index contributed by atoms with van der Waals surface area (Å²) in [5.74, 6) is 0.693. The predicted molar refractivity (Wildman–Crippen MR) is 166 cm³/mol. The quantitative estimate of drug-likeness (QED) is 0.214. The van der Waals surface area contributed by atoms with Gasteiger partial charge in [0, 0.05) is 72.5 Å². The molecular formula is C29H37BrN10O2. The first-order valence-corrected chi connectivity index (χ1v) is 15.1. The van der Waals surface area contributed by atoms with Crippen LogP contribution >= 0.6 is 15.9 Å². The lowest BCUT2D eigenvalue weighted by molar-refractivity contribution is 0.0957. The molecule has 13 heteroatoms. The highest BCUT2D eigenvalue weighted by atomic mass is 79.9. The lowest BCUT2D eigenvalue weighted by Gasteiger charge is -2.37. The molecule has 0 bridgehead atoms. The van der Waals surface area contributed by atoms with Crippen molar-refractivity contribution in [2.75, 3.05) is 41.3 Å². The Hall–Kier alpha value is -3.36. The molecule has 6 rings (SSSR count). The van der Waals surface area contributed by atoms with Crippen LogP contribution in [0, 0.1) is 0 Å². The van der Waals surface area contributed by atoms with E-state index in [1.54, 1.807) is 12.1 Å². The van der Waals surface area contributed by atoms with E-state index in [0.717, 1.165) is 34.9 Å². The van der Waals surface area contributed by atoms with E-state index in [1.165, 1.54) is 6.07 Å². The molecule has 2 saturated heterocycles. The first kappa shape index (κ1) is 28.7. The summed E-state index contributed by atoms with van der Waals surface area (Å²) >= 11 is 3.50. The molecule has 3 aliphatic rings. The second-order valence-electron chi connectivity index (χ2n) is 11.7. The Morgan fingerprint density at radius 2 is 1.45 bits per heavy atom. The first-order chi connectivity index (χ1) is 20.1. The molecule has 0 spiro atoms. The number of aryl methyl sites for hydroxylation is 1. The highest BCUT2D eigenvalue weighted by Gasteiger charge is 2.31. The number of aromatic nitrogens is 3. The van der Waals surface area contributed by atoms with Gasteiger partial charge in [-0.05, 0) is 61.1 Å². The summed E-state index contributed by atoms with van der Waals surface area (Å²) in [4.78, 5) is 31.5. The molecule has 0 radical (unpaired) electrons. The monoisotopic (exact) mass is 636 g/mol. The zero-order valence-corrected chi connectivity index (χ0v) is 24.9. The molecule has 2 aliphatic heterocycles. The van der Waals surface area contributed by atoms with Gasteiger partial charge in [0.2, 0.25) is 17.8 Å². The number of hydrogen-bond acceptors (Lipinski definition) is 12. The summed E-state index contributed by atoms with van der Waals surface area (Å²) < 4.78 is 0.995. The van der Waals surface area contributed by atoms with Crippen LogP contribution in [0.5, 0.6) is 5.75 Å². The third-order valence-corrected chi connectivity index (χ3v) is 8.72. The van der Waals surface area contributed by atoms with Crippen molar-refractivity contribution >= 4 is 45.2 Å².